The Labute approximate surface area is 224 Å². The van der Waals surface area contributed by atoms with E-state index in [1.165, 1.54) is 26.4 Å². The second-order valence-electron chi connectivity index (χ2n) is 9.11. The molecular formula is C26H31ClN2O9. The molecular weight excluding hydrogens is 520 g/mol. The van der Waals surface area contributed by atoms with Crippen molar-refractivity contribution in [3.63, 3.8) is 0 Å². The van der Waals surface area contributed by atoms with Crippen molar-refractivity contribution in [1.29, 1.82) is 0 Å². The number of aromatic nitrogens is 2. The van der Waals surface area contributed by atoms with Crippen LogP contribution >= 0.6 is 11.6 Å². The number of aliphatic hydroxyl groups is 3. The van der Waals surface area contributed by atoms with E-state index >= 15 is 0 Å². The van der Waals surface area contributed by atoms with Crippen molar-refractivity contribution < 1.29 is 43.8 Å². The summed E-state index contributed by atoms with van der Waals surface area (Å²) in [7, 11) is 2.69. The number of hydrogen-bond acceptors (Lipinski definition) is 10. The van der Waals surface area contributed by atoms with Crippen molar-refractivity contribution in [2.24, 2.45) is 0 Å². The van der Waals surface area contributed by atoms with E-state index in [0.717, 1.165) is 11.0 Å². The average Bonchev–Trinajstić information content (AvgIpc) is 3.28. The number of nitrogens with zero attached hydrogens (tertiary/aromatic N) is 2. The van der Waals surface area contributed by atoms with Crippen LogP contribution in [0.2, 0.25) is 5.02 Å². The number of fused-ring (bicyclic) bond motifs is 1. The second kappa shape index (κ2) is 11.9. The molecule has 1 fully saturated rings. The molecule has 38 heavy (non-hydrogen) atoms. The van der Waals surface area contributed by atoms with Gasteiger partial charge >= 0.3 is 5.97 Å². The molecule has 2 heterocycles. The maximum atomic E-state index is 12.8. The quantitative estimate of drug-likeness (QED) is 0.340. The van der Waals surface area contributed by atoms with Crippen LogP contribution in [0.1, 0.15) is 36.1 Å². The van der Waals surface area contributed by atoms with Gasteiger partial charge in [-0.3, -0.25) is 0 Å². The number of halogens is 1. The first-order valence-electron chi connectivity index (χ1n) is 12.0. The summed E-state index contributed by atoms with van der Waals surface area (Å²) in [4.78, 5) is 17.4. The molecule has 1 aliphatic rings. The van der Waals surface area contributed by atoms with Gasteiger partial charge in [-0.2, -0.15) is 0 Å². The van der Waals surface area contributed by atoms with Crippen molar-refractivity contribution in [3.05, 3.63) is 52.8 Å². The molecule has 12 heteroatoms. The Hall–Kier alpha value is -2.93. The van der Waals surface area contributed by atoms with Crippen molar-refractivity contribution in [2.75, 3.05) is 20.8 Å². The molecule has 4 rings (SSSR count). The Kier molecular flexibility index (Phi) is 8.76. The van der Waals surface area contributed by atoms with Crippen LogP contribution in [0, 0.1) is 0 Å². The van der Waals surface area contributed by atoms with Gasteiger partial charge in [0.25, 0.3) is 0 Å². The number of esters is 1. The molecule has 0 radical (unpaired) electrons. The Morgan fingerprint density at radius 3 is 2.55 bits per heavy atom. The predicted octanol–water partition coefficient (Wildman–Crippen LogP) is 2.47. The highest BCUT2D eigenvalue weighted by atomic mass is 35.5. The van der Waals surface area contributed by atoms with Crippen molar-refractivity contribution in [2.45, 2.75) is 57.2 Å². The number of imidazole rings is 1. The van der Waals surface area contributed by atoms with Crippen LogP contribution in [0.15, 0.2) is 36.4 Å². The number of rotatable bonds is 9. The molecule has 5 atom stereocenters. The number of aliphatic hydroxyl groups excluding tert-OH is 3. The number of carbonyl (C=O) groups excluding carboxylic acids is 1. The zero-order valence-corrected chi connectivity index (χ0v) is 22.2. The Balaban J connectivity index is 1.48. The normalized spacial score (nSPS) is 23.6. The minimum Gasteiger partial charge on any atom is -0.493 e. The highest BCUT2D eigenvalue weighted by Gasteiger charge is 2.44. The summed E-state index contributed by atoms with van der Waals surface area (Å²) in [5.74, 6) is 0.377. The average molecular weight is 551 g/mol. The van der Waals surface area contributed by atoms with Gasteiger partial charge in [-0.25, -0.2) is 9.78 Å². The number of hydrogen-bond donors (Lipinski definition) is 3. The summed E-state index contributed by atoms with van der Waals surface area (Å²) in [6, 6.07) is 10.7. The lowest BCUT2D eigenvalue weighted by Gasteiger charge is -2.39. The minimum atomic E-state index is -1.53. The van der Waals surface area contributed by atoms with E-state index < -0.39 is 43.3 Å². The highest BCUT2D eigenvalue weighted by Crippen LogP contribution is 2.37. The van der Waals surface area contributed by atoms with Crippen LogP contribution < -0.4 is 9.47 Å². The molecule has 0 saturated carbocycles. The Bertz CT molecular complexity index is 1280. The third-order valence-electron chi connectivity index (χ3n) is 6.28. The van der Waals surface area contributed by atoms with Gasteiger partial charge in [0.05, 0.1) is 28.7 Å². The summed E-state index contributed by atoms with van der Waals surface area (Å²) >= 11 is 6.47. The van der Waals surface area contributed by atoms with E-state index in [0.29, 0.717) is 5.82 Å². The number of para-hydroxylation sites is 2. The lowest BCUT2D eigenvalue weighted by Crippen LogP contribution is -2.59. The summed E-state index contributed by atoms with van der Waals surface area (Å²) in [6.45, 7) is 3.81. The zero-order valence-electron chi connectivity index (χ0n) is 21.4. The van der Waals surface area contributed by atoms with Gasteiger partial charge in [0, 0.05) is 13.2 Å². The van der Waals surface area contributed by atoms with Gasteiger partial charge in [-0.1, -0.05) is 23.7 Å². The fourth-order valence-corrected chi connectivity index (χ4v) is 4.64. The highest BCUT2D eigenvalue weighted by molar-refractivity contribution is 6.32. The van der Waals surface area contributed by atoms with Crippen LogP contribution in [0.4, 0.5) is 0 Å². The molecule has 1 saturated heterocycles. The third kappa shape index (κ3) is 5.58. The number of benzene rings is 2. The first-order valence-corrected chi connectivity index (χ1v) is 12.4. The first kappa shape index (κ1) is 28.1. The van der Waals surface area contributed by atoms with Gasteiger partial charge in [-0.15, -0.1) is 0 Å². The molecule has 0 spiro atoms. The summed E-state index contributed by atoms with van der Waals surface area (Å²) in [6.07, 6.45) is -6.79. The molecule has 0 amide bonds. The van der Waals surface area contributed by atoms with Crippen LogP contribution in [-0.2, 0) is 20.8 Å². The SMILES string of the molecule is COc1cc(C(=O)OC[C@H]2O[C@H](OC)[C@H](O)[C@@H](O)[C@@H]2O)cc(Cl)c1OCc1nc2ccccc2n1C(C)C. The van der Waals surface area contributed by atoms with Gasteiger partial charge in [0.2, 0.25) is 0 Å². The molecule has 0 bridgehead atoms. The fraction of sp³-hybridized carbons (Fsp3) is 0.462. The number of methoxy groups -OCH3 is 2. The van der Waals surface area contributed by atoms with Crippen molar-refractivity contribution in [3.8, 4) is 11.5 Å². The lowest BCUT2D eigenvalue weighted by atomic mass is 9.99. The van der Waals surface area contributed by atoms with Crippen LogP contribution in [0.5, 0.6) is 11.5 Å². The van der Waals surface area contributed by atoms with Crippen molar-refractivity contribution in [1.82, 2.24) is 9.55 Å². The summed E-state index contributed by atoms with van der Waals surface area (Å²) < 4.78 is 29.1. The third-order valence-corrected chi connectivity index (χ3v) is 6.56. The molecule has 1 aliphatic heterocycles. The predicted molar refractivity (Wildman–Crippen MR) is 136 cm³/mol. The summed E-state index contributed by atoms with van der Waals surface area (Å²) in [5.41, 5.74) is 1.91. The maximum Gasteiger partial charge on any atom is 0.338 e. The first-order chi connectivity index (χ1) is 18.2. The Morgan fingerprint density at radius 2 is 1.87 bits per heavy atom. The number of ether oxygens (including phenoxy) is 5. The van der Waals surface area contributed by atoms with E-state index in [2.05, 4.69) is 23.4 Å². The van der Waals surface area contributed by atoms with Crippen LogP contribution in [-0.4, -0.2) is 82.4 Å². The van der Waals surface area contributed by atoms with Crippen molar-refractivity contribution >= 4 is 28.6 Å². The minimum absolute atomic E-state index is 0.0720. The van der Waals surface area contributed by atoms with Gasteiger partial charge in [0.15, 0.2) is 17.8 Å². The molecule has 1 aromatic heterocycles. The largest absolute Gasteiger partial charge is 0.493 e. The number of carbonyl (C=O) groups is 1. The van der Waals surface area contributed by atoms with Crippen LogP contribution in [0.3, 0.4) is 0 Å². The molecule has 0 unspecified atom stereocenters. The van der Waals surface area contributed by atoms with Crippen LogP contribution in [0.25, 0.3) is 11.0 Å². The van der Waals surface area contributed by atoms with E-state index in [1.54, 1.807) is 0 Å². The monoisotopic (exact) mass is 550 g/mol. The zero-order chi connectivity index (χ0) is 27.6. The molecule has 3 aromatic rings. The smallest absolute Gasteiger partial charge is 0.338 e. The lowest BCUT2D eigenvalue weighted by molar-refractivity contribution is -0.294. The van der Waals surface area contributed by atoms with E-state index in [9.17, 15) is 20.1 Å². The standard InChI is InChI=1S/C26H31ClN2O9/c1-13(2)29-17-8-6-5-7-16(17)28-20(29)12-36-24-15(27)9-14(10-18(24)34-3)25(33)37-11-19-21(30)22(31)23(32)26(35-4)38-19/h5-10,13,19,21-23,26,30-32H,11-12H2,1-4H3/t19-,21-,22+,23-,26+/m1/s1. The van der Waals surface area contributed by atoms with Gasteiger partial charge in [0.1, 0.15) is 43.5 Å². The summed E-state index contributed by atoms with van der Waals surface area (Å²) in [5, 5.41) is 30.2. The van der Waals surface area contributed by atoms with E-state index in [-0.39, 0.29) is 34.7 Å². The fourth-order valence-electron chi connectivity index (χ4n) is 4.38. The second-order valence-corrected chi connectivity index (χ2v) is 9.51. The Morgan fingerprint density at radius 1 is 1.13 bits per heavy atom. The molecule has 206 valence electrons. The van der Waals surface area contributed by atoms with E-state index in [1.807, 2.05) is 24.3 Å². The van der Waals surface area contributed by atoms with E-state index in [4.69, 9.17) is 35.3 Å². The molecule has 3 N–H and O–H groups in total. The maximum absolute atomic E-state index is 12.8. The molecule has 0 aliphatic carbocycles. The molecule has 11 nitrogen and oxygen atoms in total. The topological polar surface area (TPSA) is 142 Å². The molecule has 2 aromatic carbocycles. The van der Waals surface area contributed by atoms with Gasteiger partial charge < -0.3 is 43.6 Å². The van der Waals surface area contributed by atoms with Gasteiger partial charge in [-0.05, 0) is 38.1 Å².